The summed E-state index contributed by atoms with van der Waals surface area (Å²) in [6, 6.07) is 14.8. The molecule has 3 amide bonds. The summed E-state index contributed by atoms with van der Waals surface area (Å²) < 4.78 is 76.6. The highest BCUT2D eigenvalue weighted by molar-refractivity contribution is 7.89. The maximum absolute atomic E-state index is 13.5. The third kappa shape index (κ3) is 22.7. The van der Waals surface area contributed by atoms with Crippen LogP contribution < -0.4 is 24.6 Å². The Kier molecular flexibility index (Phi) is 27.5. The molecule has 0 radical (unpaired) electrons. The third-order valence-electron chi connectivity index (χ3n) is 14.7. The summed E-state index contributed by atoms with van der Waals surface area (Å²) in [5, 5.41) is 12.3. The smallest absolute Gasteiger partial charge is 0.410 e. The van der Waals surface area contributed by atoms with Crippen LogP contribution in [0.15, 0.2) is 83.1 Å². The average molecular weight is 1250 g/mol. The minimum absolute atomic E-state index is 0.0111. The molecule has 6 rings (SSSR count). The number of pyridine rings is 2. The Labute approximate surface area is 517 Å². The number of nitrogens with one attached hydrogen (secondary N) is 1. The number of likely N-dealkylation sites (N-methyl/N-ethyl adjacent to an activating group) is 3. The van der Waals surface area contributed by atoms with Crippen molar-refractivity contribution in [3.63, 3.8) is 0 Å². The molecule has 4 aromatic rings. The number of carboxylic acid groups (broad SMARTS) is 1. The van der Waals surface area contributed by atoms with Gasteiger partial charge in [-0.05, 0) is 191 Å². The largest absolute Gasteiger partial charge is 0.497 e. The number of aromatic nitrogens is 2. The molecule has 23 nitrogen and oxygen atoms in total. The molecule has 0 bridgehead atoms. The highest BCUT2D eigenvalue weighted by Crippen LogP contribution is 2.30. The first-order valence-corrected chi connectivity index (χ1v) is 32.2. The van der Waals surface area contributed by atoms with E-state index in [0.29, 0.717) is 46.2 Å². The van der Waals surface area contributed by atoms with E-state index in [-0.39, 0.29) is 48.4 Å². The normalized spacial score (nSPS) is 14.3. The van der Waals surface area contributed by atoms with Gasteiger partial charge in [-0.15, -0.1) is 0 Å². The summed E-state index contributed by atoms with van der Waals surface area (Å²) in [5.74, 6) is 0.883. The topological polar surface area (TPSA) is 254 Å². The lowest BCUT2D eigenvalue weighted by atomic mass is 9.96. The lowest BCUT2D eigenvalue weighted by Crippen LogP contribution is -2.48. The van der Waals surface area contributed by atoms with Crippen LogP contribution in [0.3, 0.4) is 0 Å². The van der Waals surface area contributed by atoms with Crippen LogP contribution in [0.1, 0.15) is 89.5 Å². The van der Waals surface area contributed by atoms with E-state index in [2.05, 4.69) is 37.2 Å². The van der Waals surface area contributed by atoms with Gasteiger partial charge in [-0.25, -0.2) is 26.4 Å². The second-order valence-corrected chi connectivity index (χ2v) is 28.1. The molecule has 2 N–H and O–H groups in total. The summed E-state index contributed by atoms with van der Waals surface area (Å²) in [6.07, 6.45) is 10.3. The average Bonchev–Trinajstić information content (AvgIpc) is 1.65. The molecule has 0 atom stereocenters. The van der Waals surface area contributed by atoms with Crippen LogP contribution in [0.5, 0.6) is 11.5 Å². The lowest BCUT2D eigenvalue weighted by Gasteiger charge is -2.35. The fourth-order valence-electron chi connectivity index (χ4n) is 10.2. The standard InChI is InChI=1S/C31H47N5O6S.C19H30N2O7S.C12H19N3/c1-23-19-27(41-8)20-24(2)29(23)43(39,40)34(7)17-18-36(30(38)42-31(3,4)5)22-28(37)33(6)21-25-11-15-35(16-12-25)26-9-13-32-14-10-26;1-13-10-15(27-7)11-14(2)17(13)29(25,26)20(6)8-9-21(12-16(22)23)18(24)28-19(3,4)5;1-13-10-11-4-8-15(9-5-11)12-2-6-14-7-3-12/h9-10,13-14,19-20,25H,11-12,15-18,21-22H2,1-8H3;10-11H,8-9,12H2,1-7H3,(H,22,23);2-3,6-7,11,13H,4-5,8-10H2,1H3. The predicted molar refractivity (Wildman–Crippen MR) is 338 cm³/mol. The number of carbonyl (C=O) groups is 4. The van der Waals surface area contributed by atoms with Gasteiger partial charge in [0.25, 0.3) is 0 Å². The Balaban J connectivity index is 0.000000314. The van der Waals surface area contributed by atoms with E-state index in [9.17, 15) is 36.0 Å². The number of piperidine rings is 2. The summed E-state index contributed by atoms with van der Waals surface area (Å²) in [4.78, 5) is 67.0. The van der Waals surface area contributed by atoms with Crippen molar-refractivity contribution >= 4 is 55.5 Å². The number of amides is 3. The van der Waals surface area contributed by atoms with E-state index < -0.39 is 55.9 Å². The molecular weight excluding hydrogens is 1160 g/mol. The van der Waals surface area contributed by atoms with Gasteiger partial charge < -0.3 is 44.1 Å². The van der Waals surface area contributed by atoms with Crippen molar-refractivity contribution in [1.29, 1.82) is 0 Å². The van der Waals surface area contributed by atoms with Crippen LogP contribution in [0.25, 0.3) is 0 Å². The first-order valence-electron chi connectivity index (χ1n) is 29.3. The van der Waals surface area contributed by atoms with Gasteiger partial charge in [0.2, 0.25) is 26.0 Å². The van der Waals surface area contributed by atoms with Gasteiger partial charge in [0.05, 0.1) is 24.0 Å². The minimum Gasteiger partial charge on any atom is -0.497 e. The quantitative estimate of drug-likeness (QED) is 0.0764. The number of sulfonamides is 2. The number of nitrogens with zero attached hydrogens (tertiary/aromatic N) is 9. The molecule has 2 fully saturated rings. The highest BCUT2D eigenvalue weighted by atomic mass is 32.2. The Bertz CT molecular complexity index is 3050. The molecule has 0 saturated carbocycles. The number of rotatable bonds is 22. The number of aryl methyl sites for hydroxylation is 4. The number of aliphatic carboxylic acids is 1. The fourth-order valence-corrected chi connectivity index (χ4v) is 13.3. The monoisotopic (exact) mass is 1250 g/mol. The van der Waals surface area contributed by atoms with E-state index in [1.807, 2.05) is 31.6 Å². The van der Waals surface area contributed by atoms with Gasteiger partial charge in [0.1, 0.15) is 35.8 Å². The van der Waals surface area contributed by atoms with E-state index in [4.69, 9.17) is 24.1 Å². The first kappa shape index (κ1) is 72.7. The highest BCUT2D eigenvalue weighted by Gasteiger charge is 2.32. The van der Waals surface area contributed by atoms with E-state index in [1.54, 1.807) is 118 Å². The van der Waals surface area contributed by atoms with E-state index in [1.165, 1.54) is 69.1 Å². The Morgan fingerprint density at radius 3 is 1.25 bits per heavy atom. The number of carbonyl (C=O) groups excluding carboxylic acids is 3. The van der Waals surface area contributed by atoms with Crippen LogP contribution in [0.2, 0.25) is 0 Å². The number of methoxy groups -OCH3 is 2. The summed E-state index contributed by atoms with van der Waals surface area (Å²) in [5.41, 5.74) is 3.08. The van der Waals surface area contributed by atoms with Crippen LogP contribution in [0, 0.1) is 39.5 Å². The number of hydrogen-bond acceptors (Lipinski definition) is 17. The molecule has 87 heavy (non-hydrogen) atoms. The molecule has 2 aliphatic heterocycles. The molecule has 0 unspecified atom stereocenters. The van der Waals surface area contributed by atoms with E-state index >= 15 is 0 Å². The Hall–Kier alpha value is -6.80. The molecular formula is C62H96N10O13S2. The fraction of sp³-hybridized carbons (Fsp3) is 0.581. The van der Waals surface area contributed by atoms with Gasteiger partial charge >= 0.3 is 18.2 Å². The maximum Gasteiger partial charge on any atom is 0.410 e. The van der Waals surface area contributed by atoms with Crippen LogP contribution in [-0.4, -0.2) is 211 Å². The maximum atomic E-state index is 13.5. The first-order chi connectivity index (χ1) is 40.7. The SMILES string of the molecule is CNCC1CCN(c2ccncc2)CC1.COc1cc(C)c(S(=O)(=O)N(C)CCN(CC(=O)N(C)CC2CCN(c3ccncc3)CC2)C(=O)OC(C)(C)C)c(C)c1.COc1cc(C)c(S(=O)(=O)N(C)CCN(CC(=O)O)C(=O)OC(C)(C)C)c(C)c1. The van der Waals surface area contributed by atoms with Crippen LogP contribution in [-0.2, 0) is 39.1 Å². The van der Waals surface area contributed by atoms with Gasteiger partial charge in [-0.1, -0.05) is 0 Å². The van der Waals surface area contributed by atoms with Crippen molar-refractivity contribution in [1.82, 2.24) is 38.6 Å². The Morgan fingerprint density at radius 1 is 0.586 bits per heavy atom. The molecule has 2 aliphatic rings. The predicted octanol–water partition coefficient (Wildman–Crippen LogP) is 7.71. The van der Waals surface area contributed by atoms with Crippen molar-refractivity contribution in [2.24, 2.45) is 11.8 Å². The zero-order valence-corrected chi connectivity index (χ0v) is 55.7. The molecule has 484 valence electrons. The number of hydrogen-bond donors (Lipinski definition) is 2. The number of ether oxygens (including phenoxy) is 4. The number of benzene rings is 2. The van der Waals surface area contributed by atoms with Crippen molar-refractivity contribution in [3.05, 3.63) is 95.6 Å². The third-order valence-corrected chi connectivity index (χ3v) is 19.1. The van der Waals surface area contributed by atoms with Crippen molar-refractivity contribution in [3.8, 4) is 11.5 Å². The van der Waals surface area contributed by atoms with Gasteiger partial charge in [0, 0.05) is 116 Å². The van der Waals surface area contributed by atoms with Crippen LogP contribution in [0.4, 0.5) is 21.0 Å². The van der Waals surface area contributed by atoms with Gasteiger partial charge in [-0.3, -0.25) is 29.4 Å². The molecule has 0 spiro atoms. The second-order valence-electron chi connectivity index (χ2n) is 24.1. The molecule has 0 aliphatic carbocycles. The van der Waals surface area contributed by atoms with Gasteiger partial charge in [0.15, 0.2) is 0 Å². The summed E-state index contributed by atoms with van der Waals surface area (Å²) >= 11 is 0. The van der Waals surface area contributed by atoms with Crippen molar-refractivity contribution in [2.45, 2.75) is 116 Å². The minimum atomic E-state index is -3.87. The second kappa shape index (κ2) is 33.0. The number of carboxylic acids is 1. The summed E-state index contributed by atoms with van der Waals surface area (Å²) in [7, 11) is 1.94. The van der Waals surface area contributed by atoms with Crippen molar-refractivity contribution in [2.75, 3.05) is 131 Å². The zero-order valence-electron chi connectivity index (χ0n) is 54.1. The molecule has 25 heteroatoms. The van der Waals surface area contributed by atoms with Crippen molar-refractivity contribution < 1.29 is 60.1 Å². The molecule has 2 aromatic carbocycles. The summed E-state index contributed by atoms with van der Waals surface area (Å²) in [6.45, 7) is 21.9. The molecule has 4 heterocycles. The lowest BCUT2D eigenvalue weighted by molar-refractivity contribution is -0.138. The number of anilines is 2. The molecule has 2 aromatic heterocycles. The molecule has 2 saturated heterocycles. The Morgan fingerprint density at radius 2 is 0.931 bits per heavy atom. The zero-order chi connectivity index (χ0) is 65.0. The van der Waals surface area contributed by atoms with Crippen LogP contribution >= 0.6 is 0 Å². The van der Waals surface area contributed by atoms with Gasteiger partial charge in [-0.2, -0.15) is 8.61 Å². The van der Waals surface area contributed by atoms with E-state index in [0.717, 1.165) is 53.3 Å².